The predicted molar refractivity (Wildman–Crippen MR) is 86.4 cm³/mol. The van der Waals surface area contributed by atoms with Crippen molar-refractivity contribution in [1.82, 2.24) is 9.78 Å². The van der Waals surface area contributed by atoms with Gasteiger partial charge in [0, 0.05) is 30.2 Å². The number of thioether (sulfide) groups is 1. The van der Waals surface area contributed by atoms with Crippen LogP contribution in [0, 0.1) is 5.82 Å². The lowest BCUT2D eigenvalue weighted by Gasteiger charge is -2.12. The maximum absolute atomic E-state index is 13.5. The number of nitrogens with two attached hydrogens (primary N) is 1. The van der Waals surface area contributed by atoms with E-state index in [1.807, 2.05) is 20.0 Å². The second kappa shape index (κ2) is 7.29. The number of hydrogen-bond donors (Lipinski definition) is 1. The van der Waals surface area contributed by atoms with Crippen LogP contribution in [0.2, 0.25) is 5.02 Å². The van der Waals surface area contributed by atoms with Crippen molar-refractivity contribution in [2.45, 2.75) is 30.7 Å². The monoisotopic (exact) mass is 327 g/mol. The Labute approximate surface area is 133 Å². The lowest BCUT2D eigenvalue weighted by molar-refractivity contribution is 0.601. The van der Waals surface area contributed by atoms with Gasteiger partial charge in [-0.25, -0.2) is 4.39 Å². The Morgan fingerprint density at radius 1 is 1.43 bits per heavy atom. The van der Waals surface area contributed by atoms with E-state index in [1.165, 1.54) is 17.8 Å². The molecule has 0 bridgehead atoms. The summed E-state index contributed by atoms with van der Waals surface area (Å²) in [6.45, 7) is 2.02. The molecule has 3 nitrogen and oxygen atoms in total. The maximum atomic E-state index is 13.5. The standard InChI is InChI=1S/C15H19ClFN3S/c1-3-12-15(16)13(20(2)19-12)8-10(18)9-21-14-7-5-4-6-11(14)17/h4-7,10H,3,8-9,18H2,1-2H3. The molecule has 1 heterocycles. The van der Waals surface area contributed by atoms with Gasteiger partial charge in [0.05, 0.1) is 16.4 Å². The summed E-state index contributed by atoms with van der Waals surface area (Å²) >= 11 is 7.74. The molecule has 0 aliphatic rings. The molecule has 0 amide bonds. The van der Waals surface area contributed by atoms with Gasteiger partial charge in [0.25, 0.3) is 0 Å². The van der Waals surface area contributed by atoms with Gasteiger partial charge >= 0.3 is 0 Å². The highest BCUT2D eigenvalue weighted by molar-refractivity contribution is 7.99. The van der Waals surface area contributed by atoms with E-state index in [9.17, 15) is 4.39 Å². The number of nitrogens with zero attached hydrogens (tertiary/aromatic N) is 2. The molecular formula is C15H19ClFN3S. The molecular weight excluding hydrogens is 309 g/mol. The second-order valence-corrected chi connectivity index (χ2v) is 6.33. The third-order valence-electron chi connectivity index (χ3n) is 3.25. The molecule has 114 valence electrons. The van der Waals surface area contributed by atoms with Crippen molar-refractivity contribution in [3.8, 4) is 0 Å². The fourth-order valence-electron chi connectivity index (χ4n) is 2.11. The lowest BCUT2D eigenvalue weighted by atomic mass is 10.2. The van der Waals surface area contributed by atoms with E-state index in [0.717, 1.165) is 17.8 Å². The highest BCUT2D eigenvalue weighted by Crippen LogP contribution is 2.25. The number of aromatic nitrogens is 2. The summed E-state index contributed by atoms with van der Waals surface area (Å²) < 4.78 is 15.3. The van der Waals surface area contributed by atoms with Gasteiger partial charge in [-0.05, 0) is 18.6 Å². The van der Waals surface area contributed by atoms with Crippen LogP contribution in [0.1, 0.15) is 18.3 Å². The molecule has 0 aliphatic heterocycles. The Hall–Kier alpha value is -1.04. The predicted octanol–water partition coefficient (Wildman–Crippen LogP) is 3.44. The van der Waals surface area contributed by atoms with Crippen molar-refractivity contribution in [3.63, 3.8) is 0 Å². The van der Waals surface area contributed by atoms with Gasteiger partial charge in [-0.1, -0.05) is 30.7 Å². The molecule has 1 unspecified atom stereocenters. The van der Waals surface area contributed by atoms with E-state index in [2.05, 4.69) is 5.10 Å². The zero-order chi connectivity index (χ0) is 15.4. The van der Waals surface area contributed by atoms with E-state index in [4.69, 9.17) is 17.3 Å². The Morgan fingerprint density at radius 3 is 2.76 bits per heavy atom. The molecule has 2 aromatic rings. The van der Waals surface area contributed by atoms with Crippen molar-refractivity contribution in [1.29, 1.82) is 0 Å². The summed E-state index contributed by atoms with van der Waals surface area (Å²) in [7, 11) is 1.87. The molecule has 1 aromatic heterocycles. The van der Waals surface area contributed by atoms with Crippen molar-refractivity contribution in [2.24, 2.45) is 12.8 Å². The Balaban J connectivity index is 1.98. The molecule has 21 heavy (non-hydrogen) atoms. The Kier molecular flexibility index (Phi) is 5.67. The second-order valence-electron chi connectivity index (χ2n) is 4.89. The summed E-state index contributed by atoms with van der Waals surface area (Å²) in [5.41, 5.74) is 7.98. The first kappa shape index (κ1) is 16.3. The minimum Gasteiger partial charge on any atom is -0.327 e. The highest BCUT2D eigenvalue weighted by Gasteiger charge is 2.16. The molecule has 0 saturated carbocycles. The van der Waals surface area contributed by atoms with Crippen LogP contribution >= 0.6 is 23.4 Å². The van der Waals surface area contributed by atoms with Gasteiger partial charge in [0.1, 0.15) is 5.82 Å². The van der Waals surface area contributed by atoms with Crippen LogP contribution in [0.3, 0.4) is 0 Å². The average Bonchev–Trinajstić information content (AvgIpc) is 2.74. The summed E-state index contributed by atoms with van der Waals surface area (Å²) in [4.78, 5) is 0.623. The molecule has 2 rings (SSSR count). The number of halogens is 2. The van der Waals surface area contributed by atoms with Crippen LogP contribution in [-0.4, -0.2) is 21.6 Å². The number of benzene rings is 1. The molecule has 0 fully saturated rings. The molecule has 0 saturated heterocycles. The normalized spacial score (nSPS) is 12.6. The average molecular weight is 328 g/mol. The molecule has 1 atom stereocenters. The quantitative estimate of drug-likeness (QED) is 0.827. The van der Waals surface area contributed by atoms with Crippen LogP contribution in [0.5, 0.6) is 0 Å². The SMILES string of the molecule is CCc1nn(C)c(CC(N)CSc2ccccc2F)c1Cl. The number of rotatable bonds is 6. The lowest BCUT2D eigenvalue weighted by Crippen LogP contribution is -2.26. The Morgan fingerprint density at radius 2 is 2.14 bits per heavy atom. The largest absolute Gasteiger partial charge is 0.327 e. The van der Waals surface area contributed by atoms with Crippen LogP contribution in [-0.2, 0) is 19.9 Å². The molecule has 0 aliphatic carbocycles. The van der Waals surface area contributed by atoms with E-state index < -0.39 is 0 Å². The van der Waals surface area contributed by atoms with Crippen LogP contribution in [0.4, 0.5) is 4.39 Å². The summed E-state index contributed by atoms with van der Waals surface area (Å²) in [5.74, 6) is 0.422. The minimum absolute atomic E-state index is 0.104. The fourth-order valence-corrected chi connectivity index (χ4v) is 3.37. The Bertz CT molecular complexity index is 615. The van der Waals surface area contributed by atoms with E-state index in [0.29, 0.717) is 22.1 Å². The summed E-state index contributed by atoms with van der Waals surface area (Å²) in [6, 6.07) is 6.62. The van der Waals surface area contributed by atoms with Crippen molar-refractivity contribution in [3.05, 3.63) is 46.5 Å². The van der Waals surface area contributed by atoms with Crippen molar-refractivity contribution in [2.75, 3.05) is 5.75 Å². The minimum atomic E-state index is -0.207. The third-order valence-corrected chi connectivity index (χ3v) is 4.92. The highest BCUT2D eigenvalue weighted by atomic mass is 35.5. The summed E-state index contributed by atoms with van der Waals surface area (Å²) in [5, 5.41) is 5.08. The third kappa shape index (κ3) is 3.99. The topological polar surface area (TPSA) is 43.8 Å². The number of aryl methyl sites for hydroxylation is 2. The van der Waals surface area contributed by atoms with Gasteiger partial charge in [-0.3, -0.25) is 4.68 Å². The van der Waals surface area contributed by atoms with Gasteiger partial charge in [-0.15, -0.1) is 11.8 Å². The van der Waals surface area contributed by atoms with E-state index in [-0.39, 0.29) is 11.9 Å². The smallest absolute Gasteiger partial charge is 0.136 e. The van der Waals surface area contributed by atoms with Crippen molar-refractivity contribution < 1.29 is 4.39 Å². The fraction of sp³-hybridized carbons (Fsp3) is 0.400. The van der Waals surface area contributed by atoms with Gasteiger partial charge in [0.15, 0.2) is 0 Å². The van der Waals surface area contributed by atoms with E-state index in [1.54, 1.807) is 16.8 Å². The van der Waals surface area contributed by atoms with Crippen LogP contribution in [0.15, 0.2) is 29.2 Å². The van der Waals surface area contributed by atoms with Crippen molar-refractivity contribution >= 4 is 23.4 Å². The first-order valence-corrected chi connectivity index (χ1v) is 8.22. The van der Waals surface area contributed by atoms with Crippen LogP contribution in [0.25, 0.3) is 0 Å². The molecule has 6 heteroatoms. The number of hydrogen-bond acceptors (Lipinski definition) is 3. The zero-order valence-corrected chi connectivity index (χ0v) is 13.7. The maximum Gasteiger partial charge on any atom is 0.136 e. The molecule has 0 radical (unpaired) electrons. The first-order chi connectivity index (χ1) is 10.0. The van der Waals surface area contributed by atoms with E-state index >= 15 is 0 Å². The summed E-state index contributed by atoms with van der Waals surface area (Å²) in [6.07, 6.45) is 1.43. The van der Waals surface area contributed by atoms with Gasteiger partial charge < -0.3 is 5.73 Å². The first-order valence-electron chi connectivity index (χ1n) is 6.86. The van der Waals surface area contributed by atoms with Gasteiger partial charge in [0.2, 0.25) is 0 Å². The molecule has 1 aromatic carbocycles. The zero-order valence-electron chi connectivity index (χ0n) is 12.1. The molecule has 0 spiro atoms. The van der Waals surface area contributed by atoms with Crippen LogP contribution < -0.4 is 5.73 Å². The molecule has 2 N–H and O–H groups in total. The van der Waals surface area contributed by atoms with Gasteiger partial charge in [-0.2, -0.15) is 5.10 Å².